The van der Waals surface area contributed by atoms with Crippen LogP contribution in [0.5, 0.6) is 0 Å². The Morgan fingerprint density at radius 2 is 1.93 bits per heavy atom. The summed E-state index contributed by atoms with van der Waals surface area (Å²) in [5, 5.41) is 2.63. The van der Waals surface area contributed by atoms with E-state index in [0.29, 0.717) is 6.42 Å². The van der Waals surface area contributed by atoms with Crippen molar-refractivity contribution in [3.63, 3.8) is 0 Å². The molecule has 0 aromatic heterocycles. The molecule has 0 heterocycles. The first-order valence-electron chi connectivity index (χ1n) is 4.60. The molecular weight excluding hydrogens is 305 g/mol. The van der Waals surface area contributed by atoms with Crippen LogP contribution in [0.15, 0.2) is 30.3 Å². The minimum Gasteiger partial charge on any atom is -0.337 e. The molecule has 3 nitrogen and oxygen atoms in total. The number of carbonyl (C=O) groups is 2. The Morgan fingerprint density at radius 1 is 1.33 bits per heavy atom. The second-order valence-electron chi connectivity index (χ2n) is 3.27. The number of Topliss-reactive ketones (excluding diaryl/α,β-unsaturated/α-hetero) is 1. The lowest BCUT2D eigenvalue weighted by Gasteiger charge is -2.13. The van der Waals surface area contributed by atoms with E-state index in [1.54, 1.807) is 22.6 Å². The molecule has 4 heteroatoms. The molecule has 1 amide bonds. The lowest BCUT2D eigenvalue weighted by atomic mass is 10.0. The van der Waals surface area contributed by atoms with E-state index in [4.69, 9.17) is 0 Å². The summed E-state index contributed by atoms with van der Waals surface area (Å²) in [7, 11) is 0. The van der Waals surface area contributed by atoms with Gasteiger partial charge in [-0.25, -0.2) is 0 Å². The highest BCUT2D eigenvalue weighted by Crippen LogP contribution is 2.04. The van der Waals surface area contributed by atoms with E-state index < -0.39 is 6.04 Å². The predicted octanol–water partition coefficient (Wildman–Crippen LogP) is 2.33. The maximum atomic E-state index is 11.3. The lowest BCUT2D eigenvalue weighted by molar-refractivity contribution is -0.118. The van der Waals surface area contributed by atoms with Gasteiger partial charge >= 0.3 is 0 Å². The number of halogens is 1. The monoisotopic (exact) mass is 317 g/mol. The normalized spacial score (nSPS) is 11.9. The number of hydrogen-bond acceptors (Lipinski definition) is 2. The Kier molecular flexibility index (Phi) is 4.74. The highest BCUT2D eigenvalue weighted by molar-refractivity contribution is 14.1. The van der Waals surface area contributed by atoms with Crippen LogP contribution in [0.4, 0.5) is 4.79 Å². The number of hydrogen-bond donors (Lipinski definition) is 1. The molecule has 1 aromatic rings. The summed E-state index contributed by atoms with van der Waals surface area (Å²) in [5.74, 6) is -0.0242. The third-order valence-electron chi connectivity index (χ3n) is 2.06. The molecule has 0 radical (unpaired) electrons. The topological polar surface area (TPSA) is 46.2 Å². The summed E-state index contributed by atoms with van der Waals surface area (Å²) < 4.78 is -0.205. The molecule has 15 heavy (non-hydrogen) atoms. The average Bonchev–Trinajstić information content (AvgIpc) is 2.17. The van der Waals surface area contributed by atoms with Crippen LogP contribution in [0.3, 0.4) is 0 Å². The van der Waals surface area contributed by atoms with Crippen molar-refractivity contribution in [1.29, 1.82) is 0 Å². The molecular formula is C11H12INO2. The van der Waals surface area contributed by atoms with E-state index in [9.17, 15) is 9.59 Å². The summed E-state index contributed by atoms with van der Waals surface area (Å²) in [6, 6.07) is 9.21. The summed E-state index contributed by atoms with van der Waals surface area (Å²) in [6.45, 7) is 1.49. The first-order chi connectivity index (χ1) is 7.09. The summed E-state index contributed by atoms with van der Waals surface area (Å²) in [5.41, 5.74) is 1.04. The molecule has 0 aliphatic carbocycles. The molecule has 1 atom stereocenters. The molecule has 0 saturated heterocycles. The zero-order valence-corrected chi connectivity index (χ0v) is 10.5. The first kappa shape index (κ1) is 12.2. The van der Waals surface area contributed by atoms with Gasteiger partial charge in [-0.05, 0) is 18.9 Å². The minimum absolute atomic E-state index is 0.0242. The number of benzene rings is 1. The molecule has 0 aliphatic heterocycles. The maximum Gasteiger partial charge on any atom is 0.281 e. The van der Waals surface area contributed by atoms with E-state index in [1.807, 2.05) is 30.3 Å². The van der Waals surface area contributed by atoms with Gasteiger partial charge in [0.2, 0.25) is 0 Å². The van der Waals surface area contributed by atoms with Crippen LogP contribution < -0.4 is 5.32 Å². The van der Waals surface area contributed by atoms with Gasteiger partial charge in [0.1, 0.15) is 0 Å². The highest BCUT2D eigenvalue weighted by atomic mass is 127. The van der Waals surface area contributed by atoms with Gasteiger partial charge in [-0.1, -0.05) is 30.3 Å². The van der Waals surface area contributed by atoms with E-state index in [0.717, 1.165) is 5.56 Å². The fourth-order valence-electron chi connectivity index (χ4n) is 1.28. The SMILES string of the molecule is CC(=O)C(Cc1ccccc1)NC(=O)I. The smallest absolute Gasteiger partial charge is 0.281 e. The van der Waals surface area contributed by atoms with Crippen LogP contribution in [0.25, 0.3) is 0 Å². The number of nitrogens with one attached hydrogen (secondary N) is 1. The standard InChI is InChI=1S/C11H12INO2/c1-8(14)10(13-11(12)15)7-9-5-3-2-4-6-9/h2-6,10H,7H2,1H3,(H,13,15). The highest BCUT2D eigenvalue weighted by Gasteiger charge is 2.15. The van der Waals surface area contributed by atoms with Crippen LogP contribution >= 0.6 is 22.6 Å². The largest absolute Gasteiger partial charge is 0.337 e. The third kappa shape index (κ3) is 4.42. The van der Waals surface area contributed by atoms with Crippen molar-refractivity contribution in [2.75, 3.05) is 0 Å². The molecule has 1 N–H and O–H groups in total. The van der Waals surface area contributed by atoms with Gasteiger partial charge in [0.25, 0.3) is 3.91 Å². The first-order valence-corrected chi connectivity index (χ1v) is 5.68. The van der Waals surface area contributed by atoms with Crippen molar-refractivity contribution in [3.05, 3.63) is 35.9 Å². The molecule has 0 saturated carbocycles. The van der Waals surface area contributed by atoms with Crippen LogP contribution in [0, 0.1) is 0 Å². The van der Waals surface area contributed by atoms with Crippen molar-refractivity contribution >= 4 is 32.3 Å². The fourth-order valence-corrected chi connectivity index (χ4v) is 1.66. The molecule has 0 fully saturated rings. The van der Waals surface area contributed by atoms with E-state index >= 15 is 0 Å². The predicted molar refractivity (Wildman–Crippen MR) is 67.2 cm³/mol. The molecule has 1 unspecified atom stereocenters. The van der Waals surface area contributed by atoms with Crippen LogP contribution in [-0.4, -0.2) is 15.7 Å². The van der Waals surface area contributed by atoms with Gasteiger partial charge < -0.3 is 5.32 Å². The molecule has 0 aliphatic rings. The number of carbonyl (C=O) groups excluding carboxylic acids is 2. The van der Waals surface area contributed by atoms with Crippen molar-refractivity contribution in [3.8, 4) is 0 Å². The molecule has 0 bridgehead atoms. The summed E-state index contributed by atoms with van der Waals surface area (Å²) in [4.78, 5) is 22.1. The quantitative estimate of drug-likeness (QED) is 0.526. The second-order valence-corrected chi connectivity index (χ2v) is 4.25. The number of amides is 1. The van der Waals surface area contributed by atoms with E-state index in [1.165, 1.54) is 6.92 Å². The van der Waals surface area contributed by atoms with Crippen molar-refractivity contribution in [1.82, 2.24) is 5.32 Å². The zero-order valence-electron chi connectivity index (χ0n) is 8.37. The molecule has 0 spiro atoms. The third-order valence-corrected chi connectivity index (χ3v) is 2.37. The average molecular weight is 317 g/mol. The molecule has 80 valence electrons. The summed E-state index contributed by atoms with van der Waals surface area (Å²) >= 11 is 1.63. The lowest BCUT2D eigenvalue weighted by Crippen LogP contribution is -2.38. The van der Waals surface area contributed by atoms with Gasteiger partial charge in [-0.2, -0.15) is 0 Å². The van der Waals surface area contributed by atoms with Crippen LogP contribution in [0.1, 0.15) is 12.5 Å². The zero-order chi connectivity index (χ0) is 11.3. The maximum absolute atomic E-state index is 11.3. The van der Waals surface area contributed by atoms with Gasteiger partial charge in [0.05, 0.1) is 6.04 Å². The van der Waals surface area contributed by atoms with Gasteiger partial charge in [-0.3, -0.25) is 9.59 Å². The Balaban J connectivity index is 2.67. The number of rotatable bonds is 4. The number of ketones is 1. The fraction of sp³-hybridized carbons (Fsp3) is 0.273. The van der Waals surface area contributed by atoms with Gasteiger partial charge in [-0.15, -0.1) is 0 Å². The molecule has 1 rings (SSSR count). The van der Waals surface area contributed by atoms with Crippen molar-refractivity contribution < 1.29 is 9.59 Å². The Hall–Kier alpha value is -0.910. The summed E-state index contributed by atoms with van der Waals surface area (Å²) in [6.07, 6.45) is 0.547. The van der Waals surface area contributed by atoms with E-state index in [-0.39, 0.29) is 9.70 Å². The van der Waals surface area contributed by atoms with Crippen molar-refractivity contribution in [2.24, 2.45) is 0 Å². The van der Waals surface area contributed by atoms with Crippen molar-refractivity contribution in [2.45, 2.75) is 19.4 Å². The minimum atomic E-state index is -0.420. The van der Waals surface area contributed by atoms with Gasteiger partial charge in [0.15, 0.2) is 5.78 Å². The van der Waals surface area contributed by atoms with Crippen LogP contribution in [-0.2, 0) is 11.2 Å². The molecule has 1 aromatic carbocycles. The van der Waals surface area contributed by atoms with E-state index in [2.05, 4.69) is 5.32 Å². The Labute approximate surface area is 102 Å². The Morgan fingerprint density at radius 3 is 2.40 bits per heavy atom. The van der Waals surface area contributed by atoms with Gasteiger partial charge in [0, 0.05) is 22.6 Å². The van der Waals surface area contributed by atoms with Crippen LogP contribution in [0.2, 0.25) is 0 Å². The second kappa shape index (κ2) is 5.85. The Bertz CT molecular complexity index is 351.